The Balaban J connectivity index is 2.33. The van der Waals surface area contributed by atoms with Crippen LogP contribution in [0.1, 0.15) is 28.7 Å². The monoisotopic (exact) mass is 402 g/mol. The summed E-state index contributed by atoms with van der Waals surface area (Å²) in [7, 11) is 0. The minimum absolute atomic E-state index is 0.0756. The number of amidine groups is 1. The molecule has 2 aromatic rings. The molecule has 7 heteroatoms. The van der Waals surface area contributed by atoms with Crippen molar-refractivity contribution in [2.45, 2.75) is 26.1 Å². The van der Waals surface area contributed by atoms with Crippen LogP contribution in [0.4, 0.5) is 13.2 Å². The highest BCUT2D eigenvalue weighted by atomic mass is 19.4. The van der Waals surface area contributed by atoms with Crippen LogP contribution in [-0.4, -0.2) is 12.4 Å². The molecular weight excluding hydrogens is 377 g/mol. The second-order valence-corrected chi connectivity index (χ2v) is 6.53. The second kappa shape index (κ2) is 9.93. The summed E-state index contributed by atoms with van der Waals surface area (Å²) in [5, 5.41) is 3.07. The van der Waals surface area contributed by atoms with Gasteiger partial charge in [0.25, 0.3) is 0 Å². The third kappa shape index (κ3) is 6.50. The number of rotatable bonds is 7. The van der Waals surface area contributed by atoms with Crippen LogP contribution in [0.5, 0.6) is 0 Å². The fourth-order valence-corrected chi connectivity index (χ4v) is 2.77. The minimum Gasteiger partial charge on any atom is -0.402 e. The first kappa shape index (κ1) is 22.2. The first-order chi connectivity index (χ1) is 13.7. The van der Waals surface area contributed by atoms with Crippen LogP contribution in [0.25, 0.3) is 5.70 Å². The molecule has 29 heavy (non-hydrogen) atoms. The Morgan fingerprint density at radius 2 is 1.79 bits per heavy atom. The molecule has 0 bridgehead atoms. The van der Waals surface area contributed by atoms with E-state index in [0.29, 0.717) is 30.2 Å². The van der Waals surface area contributed by atoms with Gasteiger partial charge in [-0.05, 0) is 43.2 Å². The van der Waals surface area contributed by atoms with Crippen LogP contribution in [0.15, 0.2) is 71.9 Å². The Hall–Kier alpha value is -3.06. The van der Waals surface area contributed by atoms with E-state index in [1.165, 1.54) is 12.1 Å². The lowest BCUT2D eigenvalue weighted by Crippen LogP contribution is -2.22. The molecule has 0 aliphatic heterocycles. The standard InChI is InChI=1S/C22H25F3N4/c1-15-7-3-5-9-19(15)16(2)29-21(13-18(27)11-12-26)28-14-17-8-4-6-10-20(17)22(23,24)25/h3-10,13H,2,11-12,14,26-27H2,1H3,(H,28,29)/b18-13-. The summed E-state index contributed by atoms with van der Waals surface area (Å²) >= 11 is 0. The quantitative estimate of drug-likeness (QED) is 0.476. The molecule has 0 spiro atoms. The molecule has 0 saturated carbocycles. The number of aliphatic imine (C=N–C) groups is 1. The molecule has 0 fully saturated rings. The number of nitrogens with one attached hydrogen (secondary N) is 1. The van der Waals surface area contributed by atoms with Crippen molar-refractivity contribution in [3.05, 3.63) is 89.1 Å². The average molecular weight is 402 g/mol. The lowest BCUT2D eigenvalue weighted by molar-refractivity contribution is -0.138. The number of nitrogens with zero attached hydrogens (tertiary/aromatic N) is 1. The molecule has 0 unspecified atom stereocenters. The summed E-state index contributed by atoms with van der Waals surface area (Å²) in [5.74, 6) is 0.321. The van der Waals surface area contributed by atoms with Crippen LogP contribution in [0, 0.1) is 6.92 Å². The highest BCUT2D eigenvalue weighted by Crippen LogP contribution is 2.32. The molecule has 0 aromatic heterocycles. The van der Waals surface area contributed by atoms with Crippen molar-refractivity contribution >= 4 is 11.5 Å². The van der Waals surface area contributed by atoms with Gasteiger partial charge in [0, 0.05) is 17.0 Å². The van der Waals surface area contributed by atoms with Gasteiger partial charge in [-0.15, -0.1) is 0 Å². The summed E-state index contributed by atoms with van der Waals surface area (Å²) in [6.07, 6.45) is -2.43. The van der Waals surface area contributed by atoms with Gasteiger partial charge >= 0.3 is 6.18 Å². The zero-order chi connectivity index (χ0) is 21.4. The summed E-state index contributed by atoms with van der Waals surface area (Å²) in [5.41, 5.74) is 13.8. The zero-order valence-electron chi connectivity index (χ0n) is 16.3. The summed E-state index contributed by atoms with van der Waals surface area (Å²) < 4.78 is 39.7. The van der Waals surface area contributed by atoms with Gasteiger partial charge in [-0.3, -0.25) is 4.99 Å². The van der Waals surface area contributed by atoms with Crippen molar-refractivity contribution < 1.29 is 13.2 Å². The maximum Gasteiger partial charge on any atom is 0.416 e. The molecule has 154 valence electrons. The van der Waals surface area contributed by atoms with Crippen molar-refractivity contribution in [2.24, 2.45) is 16.5 Å². The molecule has 5 N–H and O–H groups in total. The van der Waals surface area contributed by atoms with E-state index in [2.05, 4.69) is 16.9 Å². The second-order valence-electron chi connectivity index (χ2n) is 6.53. The maximum atomic E-state index is 13.2. The Morgan fingerprint density at radius 3 is 2.45 bits per heavy atom. The number of hydrogen-bond donors (Lipinski definition) is 3. The molecular formula is C22H25F3N4. The molecule has 0 aliphatic rings. The van der Waals surface area contributed by atoms with Crippen molar-refractivity contribution in [3.8, 4) is 0 Å². The van der Waals surface area contributed by atoms with Crippen LogP contribution in [-0.2, 0) is 12.7 Å². The number of alkyl halides is 3. The fraction of sp³-hybridized carbons (Fsp3) is 0.227. The molecule has 0 atom stereocenters. The van der Waals surface area contributed by atoms with E-state index in [4.69, 9.17) is 11.5 Å². The van der Waals surface area contributed by atoms with Crippen molar-refractivity contribution in [3.63, 3.8) is 0 Å². The van der Waals surface area contributed by atoms with Gasteiger partial charge in [0.15, 0.2) is 0 Å². The fourth-order valence-electron chi connectivity index (χ4n) is 2.77. The lowest BCUT2D eigenvalue weighted by atomic mass is 10.1. The third-order valence-corrected chi connectivity index (χ3v) is 4.25. The zero-order valence-corrected chi connectivity index (χ0v) is 16.3. The summed E-state index contributed by atoms with van der Waals surface area (Å²) in [6, 6.07) is 13.0. The van der Waals surface area contributed by atoms with Crippen LogP contribution in [0.3, 0.4) is 0 Å². The van der Waals surface area contributed by atoms with E-state index >= 15 is 0 Å². The third-order valence-electron chi connectivity index (χ3n) is 4.25. The smallest absolute Gasteiger partial charge is 0.402 e. The first-order valence-corrected chi connectivity index (χ1v) is 9.10. The van der Waals surface area contributed by atoms with Crippen LogP contribution in [0.2, 0.25) is 0 Å². The van der Waals surface area contributed by atoms with Crippen LogP contribution >= 0.6 is 0 Å². The van der Waals surface area contributed by atoms with Crippen molar-refractivity contribution in [1.82, 2.24) is 5.32 Å². The SMILES string of the molecule is C=C(NC(/C=C(\N)CCN)=NCc1ccccc1C(F)(F)F)c1ccccc1C. The highest BCUT2D eigenvalue weighted by Gasteiger charge is 2.32. The number of aryl methyl sites for hydroxylation is 1. The molecule has 0 heterocycles. The van der Waals surface area contributed by atoms with Gasteiger partial charge < -0.3 is 16.8 Å². The molecule has 4 nitrogen and oxygen atoms in total. The Kier molecular flexibility index (Phi) is 7.61. The van der Waals surface area contributed by atoms with Crippen LogP contribution < -0.4 is 16.8 Å². The van der Waals surface area contributed by atoms with Gasteiger partial charge in [0.05, 0.1) is 12.1 Å². The topological polar surface area (TPSA) is 76.4 Å². The minimum atomic E-state index is -4.45. The summed E-state index contributed by atoms with van der Waals surface area (Å²) in [6.45, 7) is 6.16. The van der Waals surface area contributed by atoms with E-state index in [9.17, 15) is 13.2 Å². The number of benzene rings is 2. The van der Waals surface area contributed by atoms with Gasteiger partial charge in [-0.25, -0.2) is 0 Å². The predicted octanol–water partition coefficient (Wildman–Crippen LogP) is 4.36. The van der Waals surface area contributed by atoms with Crippen molar-refractivity contribution in [2.75, 3.05) is 6.54 Å². The maximum absolute atomic E-state index is 13.2. The Bertz CT molecular complexity index is 914. The lowest BCUT2D eigenvalue weighted by Gasteiger charge is -2.14. The average Bonchev–Trinajstić information content (AvgIpc) is 2.66. The molecule has 0 amide bonds. The van der Waals surface area contributed by atoms with Gasteiger partial charge in [-0.1, -0.05) is 49.0 Å². The van der Waals surface area contributed by atoms with Crippen molar-refractivity contribution in [1.29, 1.82) is 0 Å². The molecule has 0 saturated heterocycles. The molecule has 0 radical (unpaired) electrons. The predicted molar refractivity (Wildman–Crippen MR) is 112 cm³/mol. The van der Waals surface area contributed by atoms with E-state index in [-0.39, 0.29) is 12.1 Å². The first-order valence-electron chi connectivity index (χ1n) is 9.10. The largest absolute Gasteiger partial charge is 0.416 e. The van der Waals surface area contributed by atoms with E-state index < -0.39 is 11.7 Å². The molecule has 2 aromatic carbocycles. The number of nitrogens with two attached hydrogens (primary N) is 2. The van der Waals surface area contributed by atoms with Gasteiger partial charge in [0.1, 0.15) is 5.84 Å². The van der Waals surface area contributed by atoms with Gasteiger partial charge in [0.2, 0.25) is 0 Å². The number of hydrogen-bond acceptors (Lipinski definition) is 3. The van der Waals surface area contributed by atoms with E-state index in [1.54, 1.807) is 12.1 Å². The normalized spacial score (nSPS) is 12.7. The number of halogens is 3. The Labute approximate surface area is 168 Å². The van der Waals surface area contributed by atoms with E-state index in [0.717, 1.165) is 17.2 Å². The van der Waals surface area contributed by atoms with E-state index in [1.807, 2.05) is 31.2 Å². The van der Waals surface area contributed by atoms with Gasteiger partial charge in [-0.2, -0.15) is 13.2 Å². The molecule has 0 aliphatic carbocycles. The molecule has 2 rings (SSSR count). The Morgan fingerprint density at radius 1 is 1.14 bits per heavy atom. The summed E-state index contributed by atoms with van der Waals surface area (Å²) in [4.78, 5) is 4.33. The highest BCUT2D eigenvalue weighted by molar-refractivity contribution is 5.99.